The number of tetrazole rings is 1. The zero-order valence-electron chi connectivity index (χ0n) is 20.7. The van der Waals surface area contributed by atoms with Crippen molar-refractivity contribution in [2.24, 2.45) is 0 Å². The number of rotatable bonds is 9. The zero-order chi connectivity index (χ0) is 23.5. The maximum absolute atomic E-state index is 13.2. The fraction of sp³-hybridized carbons (Fsp3) is 0.630. The number of H-pyrrole nitrogens is 1. The number of aromatic nitrogens is 5. The molecule has 1 atom stereocenters. The van der Waals surface area contributed by atoms with Crippen molar-refractivity contribution in [3.05, 3.63) is 51.6 Å². The predicted molar refractivity (Wildman–Crippen MR) is 135 cm³/mol. The maximum atomic E-state index is 13.2. The third-order valence-electron chi connectivity index (χ3n) is 7.99. The topological polar surface area (TPSA) is 79.7 Å². The minimum Gasteiger partial charge on any atom is -0.322 e. The Morgan fingerprint density at radius 1 is 1.09 bits per heavy atom. The van der Waals surface area contributed by atoms with Gasteiger partial charge in [0.2, 0.25) is 0 Å². The van der Waals surface area contributed by atoms with Crippen LogP contribution in [0.15, 0.2) is 29.1 Å². The summed E-state index contributed by atoms with van der Waals surface area (Å²) in [6.45, 7) is 5.03. The van der Waals surface area contributed by atoms with Crippen LogP contribution in [-0.4, -0.2) is 36.1 Å². The third kappa shape index (κ3) is 4.67. The van der Waals surface area contributed by atoms with Crippen LogP contribution in [0, 0.1) is 0 Å². The van der Waals surface area contributed by atoms with Gasteiger partial charge in [-0.1, -0.05) is 52.0 Å². The maximum Gasteiger partial charge on any atom is 0.252 e. The number of benzene rings is 1. The number of nitrogens with zero attached hydrogens (tertiary/aromatic N) is 5. The van der Waals surface area contributed by atoms with E-state index in [9.17, 15) is 4.79 Å². The van der Waals surface area contributed by atoms with Crippen LogP contribution in [0.25, 0.3) is 10.9 Å². The smallest absolute Gasteiger partial charge is 0.252 e. The second kappa shape index (κ2) is 10.4. The Balaban J connectivity index is 1.53. The van der Waals surface area contributed by atoms with Crippen molar-refractivity contribution < 1.29 is 0 Å². The van der Waals surface area contributed by atoms with Crippen molar-refractivity contribution >= 4 is 10.9 Å². The van der Waals surface area contributed by atoms with Crippen LogP contribution in [-0.2, 0) is 13.0 Å². The predicted octanol–water partition coefficient (Wildman–Crippen LogP) is 5.48. The zero-order valence-corrected chi connectivity index (χ0v) is 20.7. The van der Waals surface area contributed by atoms with Gasteiger partial charge in [-0.15, -0.1) is 5.10 Å². The summed E-state index contributed by atoms with van der Waals surface area (Å²) in [6.07, 6.45) is 12.7. The molecule has 0 bridgehead atoms. The van der Waals surface area contributed by atoms with Gasteiger partial charge in [-0.25, -0.2) is 4.68 Å². The Kier molecular flexibility index (Phi) is 7.09. The number of aromatic amines is 1. The first-order valence-corrected chi connectivity index (χ1v) is 13.4. The molecule has 34 heavy (non-hydrogen) atoms. The van der Waals surface area contributed by atoms with E-state index in [4.69, 9.17) is 0 Å². The van der Waals surface area contributed by atoms with Crippen LogP contribution in [0.4, 0.5) is 0 Å². The molecule has 2 aliphatic carbocycles. The van der Waals surface area contributed by atoms with Gasteiger partial charge in [-0.05, 0) is 78.1 Å². The normalized spacial score (nSPS) is 18.4. The van der Waals surface area contributed by atoms with E-state index in [1.54, 1.807) is 0 Å². The molecule has 2 aliphatic rings. The van der Waals surface area contributed by atoms with E-state index in [2.05, 4.69) is 62.1 Å². The fourth-order valence-corrected chi connectivity index (χ4v) is 6.11. The van der Waals surface area contributed by atoms with Gasteiger partial charge < -0.3 is 4.98 Å². The van der Waals surface area contributed by atoms with Gasteiger partial charge >= 0.3 is 0 Å². The van der Waals surface area contributed by atoms with E-state index in [0.29, 0.717) is 18.6 Å². The minimum atomic E-state index is 0.0189. The molecule has 0 radical (unpaired) electrons. The number of hydrogen-bond donors (Lipinski definition) is 1. The monoisotopic (exact) mass is 462 g/mol. The van der Waals surface area contributed by atoms with Gasteiger partial charge in [0.25, 0.3) is 5.56 Å². The van der Waals surface area contributed by atoms with E-state index < -0.39 is 0 Å². The molecule has 0 aliphatic heterocycles. The van der Waals surface area contributed by atoms with Crippen LogP contribution in [0.5, 0.6) is 0 Å². The van der Waals surface area contributed by atoms with Crippen LogP contribution < -0.4 is 5.56 Å². The van der Waals surface area contributed by atoms with Crippen molar-refractivity contribution in [1.29, 1.82) is 0 Å². The highest BCUT2D eigenvalue weighted by atomic mass is 16.1. The summed E-state index contributed by atoms with van der Waals surface area (Å²) in [7, 11) is 0. The number of aryl methyl sites for hydroxylation is 1. The van der Waals surface area contributed by atoms with Crippen molar-refractivity contribution in [3.8, 4) is 0 Å². The van der Waals surface area contributed by atoms with Crippen molar-refractivity contribution in [2.75, 3.05) is 0 Å². The molecule has 182 valence electrons. The molecule has 7 nitrogen and oxygen atoms in total. The molecule has 2 saturated carbocycles. The molecule has 5 rings (SSSR count). The second-order valence-corrected chi connectivity index (χ2v) is 10.2. The van der Waals surface area contributed by atoms with E-state index in [1.165, 1.54) is 44.1 Å². The van der Waals surface area contributed by atoms with Crippen LogP contribution in [0.3, 0.4) is 0 Å². The molecule has 2 aromatic heterocycles. The minimum absolute atomic E-state index is 0.0189. The number of nitrogens with one attached hydrogen (secondary N) is 1. The largest absolute Gasteiger partial charge is 0.322 e. The van der Waals surface area contributed by atoms with Crippen LogP contribution in [0.1, 0.15) is 107 Å². The van der Waals surface area contributed by atoms with E-state index >= 15 is 0 Å². The summed E-state index contributed by atoms with van der Waals surface area (Å²) in [4.78, 5) is 18.9. The summed E-state index contributed by atoms with van der Waals surface area (Å²) in [5.74, 6) is 0.992. The first-order valence-electron chi connectivity index (χ1n) is 13.4. The molecule has 2 heterocycles. The highest BCUT2D eigenvalue weighted by molar-refractivity contribution is 5.79. The molecular formula is C27H38N6O. The Hall–Kier alpha value is -2.54. The Morgan fingerprint density at radius 2 is 1.85 bits per heavy atom. The summed E-state index contributed by atoms with van der Waals surface area (Å²) < 4.78 is 2.12. The summed E-state index contributed by atoms with van der Waals surface area (Å²) in [6, 6.07) is 9.44. The number of hydrogen-bond acceptors (Lipinski definition) is 5. The molecular weight excluding hydrogens is 424 g/mol. The summed E-state index contributed by atoms with van der Waals surface area (Å²) in [5.41, 5.74) is 3.06. The Bertz CT molecular complexity index is 1160. The molecule has 3 aromatic rings. The number of pyridine rings is 1. The lowest BCUT2D eigenvalue weighted by Gasteiger charge is -2.36. The SMILES string of the molecule is CCC[C@@H](c1nnnn1C1CCCC1)N(Cc1cc2cc(CC)ccc2[nH]c1=O)C1CCCC1. The lowest BCUT2D eigenvalue weighted by Crippen LogP contribution is -2.39. The summed E-state index contributed by atoms with van der Waals surface area (Å²) in [5, 5.41) is 14.3. The molecule has 0 spiro atoms. The first-order chi connectivity index (χ1) is 16.7. The van der Waals surface area contributed by atoms with Gasteiger partial charge in [-0.2, -0.15) is 0 Å². The van der Waals surface area contributed by atoms with Crippen LogP contribution in [0.2, 0.25) is 0 Å². The van der Waals surface area contributed by atoms with E-state index in [-0.39, 0.29) is 11.6 Å². The highest BCUT2D eigenvalue weighted by Crippen LogP contribution is 2.37. The van der Waals surface area contributed by atoms with Gasteiger partial charge in [-0.3, -0.25) is 9.69 Å². The Morgan fingerprint density at radius 3 is 2.59 bits per heavy atom. The molecule has 0 amide bonds. The molecule has 1 aromatic carbocycles. The lowest BCUT2D eigenvalue weighted by molar-refractivity contribution is 0.106. The average Bonchev–Trinajstić information content (AvgIpc) is 3.63. The second-order valence-electron chi connectivity index (χ2n) is 10.2. The third-order valence-corrected chi connectivity index (χ3v) is 7.99. The first kappa shape index (κ1) is 23.2. The molecule has 0 unspecified atom stereocenters. The number of fused-ring (bicyclic) bond motifs is 1. The van der Waals surface area contributed by atoms with Gasteiger partial charge in [0, 0.05) is 23.7 Å². The fourth-order valence-electron chi connectivity index (χ4n) is 6.11. The van der Waals surface area contributed by atoms with Gasteiger partial charge in [0.1, 0.15) is 0 Å². The molecule has 2 fully saturated rings. The van der Waals surface area contributed by atoms with Gasteiger partial charge in [0.05, 0.1) is 12.1 Å². The van der Waals surface area contributed by atoms with Crippen LogP contribution >= 0.6 is 0 Å². The Labute approximate surface area is 201 Å². The van der Waals surface area contributed by atoms with E-state index in [1.807, 2.05) is 6.07 Å². The van der Waals surface area contributed by atoms with Crippen molar-refractivity contribution in [3.63, 3.8) is 0 Å². The molecule has 1 N–H and O–H groups in total. The lowest BCUT2D eigenvalue weighted by atomic mass is 10.0. The quantitative estimate of drug-likeness (QED) is 0.456. The molecule has 0 saturated heterocycles. The van der Waals surface area contributed by atoms with Crippen molar-refractivity contribution in [2.45, 2.75) is 109 Å². The standard InChI is InChI=1S/C27H38N6O/c1-3-9-25(26-29-30-31-33(26)23-12-7-8-13-23)32(22-10-5-6-11-22)18-21-17-20-16-19(4-2)14-15-24(20)28-27(21)34/h14-17,22-23,25H,3-13,18H2,1-2H3,(H,28,34)/t25-/m0/s1. The highest BCUT2D eigenvalue weighted by Gasteiger charge is 2.34. The summed E-state index contributed by atoms with van der Waals surface area (Å²) >= 11 is 0. The molecule has 7 heteroatoms. The van der Waals surface area contributed by atoms with E-state index in [0.717, 1.165) is 54.4 Å². The van der Waals surface area contributed by atoms with Crippen molar-refractivity contribution in [1.82, 2.24) is 30.1 Å². The average molecular weight is 463 g/mol. The van der Waals surface area contributed by atoms with Gasteiger partial charge in [0.15, 0.2) is 5.82 Å².